The summed E-state index contributed by atoms with van der Waals surface area (Å²) in [5.41, 5.74) is -1.30. The van der Waals surface area contributed by atoms with Crippen LogP contribution >= 0.6 is 0 Å². The number of ketones is 1. The number of hydrogen-bond acceptors (Lipinski definition) is 7. The van der Waals surface area contributed by atoms with Gasteiger partial charge in [-0.1, -0.05) is 27.4 Å². The quantitative estimate of drug-likeness (QED) is 0.359. The Balaban J connectivity index is 1.87. The van der Waals surface area contributed by atoms with Crippen LogP contribution in [0.4, 0.5) is 0 Å². The highest BCUT2D eigenvalue weighted by molar-refractivity contribution is 6.05. The molecule has 182 valence electrons. The van der Waals surface area contributed by atoms with Gasteiger partial charge in [0.2, 0.25) is 0 Å². The number of fused-ring (bicyclic) bond motifs is 3. The van der Waals surface area contributed by atoms with E-state index in [0.717, 1.165) is 12.8 Å². The molecule has 0 aromatic rings. The molecule has 0 aromatic heterocycles. The third kappa shape index (κ3) is 3.21. The van der Waals surface area contributed by atoms with Crippen LogP contribution in [0.2, 0.25) is 0 Å². The fourth-order valence-electron chi connectivity index (χ4n) is 8.36. The van der Waals surface area contributed by atoms with Crippen LogP contribution in [0.25, 0.3) is 0 Å². The van der Waals surface area contributed by atoms with Crippen molar-refractivity contribution in [2.75, 3.05) is 0 Å². The Labute approximate surface area is 195 Å². The first-order valence-electron chi connectivity index (χ1n) is 12.0. The first kappa shape index (κ1) is 24.0. The van der Waals surface area contributed by atoms with Crippen LogP contribution in [-0.2, 0) is 33.4 Å². The molecule has 4 aliphatic carbocycles. The predicted octanol–water partition coefficient (Wildman–Crippen LogP) is 3.78. The minimum atomic E-state index is -1.12. The maximum Gasteiger partial charge on any atom is 0.302 e. The molecule has 0 radical (unpaired) electrons. The van der Waals surface area contributed by atoms with Crippen LogP contribution in [0.3, 0.4) is 0 Å². The number of carbonyl (C=O) groups excluding carboxylic acids is 4. The van der Waals surface area contributed by atoms with E-state index < -0.39 is 29.6 Å². The lowest BCUT2D eigenvalue weighted by Crippen LogP contribution is -2.69. The molecule has 0 heterocycles. The van der Waals surface area contributed by atoms with E-state index in [4.69, 9.17) is 14.2 Å². The molecule has 0 saturated heterocycles. The first-order valence-corrected chi connectivity index (χ1v) is 12.0. The molecule has 4 fully saturated rings. The Morgan fingerprint density at radius 1 is 0.848 bits per heavy atom. The van der Waals surface area contributed by atoms with Gasteiger partial charge in [0.05, 0.1) is 0 Å². The largest absolute Gasteiger partial charge is 0.462 e. The van der Waals surface area contributed by atoms with Crippen molar-refractivity contribution in [1.29, 1.82) is 0 Å². The summed E-state index contributed by atoms with van der Waals surface area (Å²) in [6.07, 6.45) is 1.73. The van der Waals surface area contributed by atoms with Crippen molar-refractivity contribution in [3.05, 3.63) is 12.2 Å². The van der Waals surface area contributed by atoms with Gasteiger partial charge in [0.15, 0.2) is 5.78 Å². The van der Waals surface area contributed by atoms with Gasteiger partial charge in [-0.05, 0) is 54.9 Å². The molecule has 0 aliphatic heterocycles. The average Bonchev–Trinajstić information content (AvgIpc) is 2.80. The number of hydrogen-bond donors (Lipinski definition) is 0. The first-order chi connectivity index (χ1) is 15.3. The van der Waals surface area contributed by atoms with Crippen molar-refractivity contribution < 1.29 is 33.4 Å². The Morgan fingerprint density at radius 3 is 2.00 bits per heavy atom. The summed E-state index contributed by atoms with van der Waals surface area (Å²) in [5, 5.41) is 0. The topological polar surface area (TPSA) is 96.0 Å². The van der Waals surface area contributed by atoms with Gasteiger partial charge in [0, 0.05) is 32.1 Å². The fourth-order valence-corrected chi connectivity index (χ4v) is 8.36. The smallest absolute Gasteiger partial charge is 0.302 e. The van der Waals surface area contributed by atoms with Crippen LogP contribution < -0.4 is 0 Å². The lowest BCUT2D eigenvalue weighted by molar-refractivity contribution is -0.250. The molecule has 0 N–H and O–H groups in total. The second-order valence-electron chi connectivity index (χ2n) is 11.4. The highest BCUT2D eigenvalue weighted by Gasteiger charge is 2.76. The summed E-state index contributed by atoms with van der Waals surface area (Å²) in [6, 6.07) is 0. The molecule has 8 atom stereocenters. The van der Waals surface area contributed by atoms with Crippen molar-refractivity contribution in [1.82, 2.24) is 0 Å². The Hall–Kier alpha value is -2.18. The molecule has 4 rings (SSSR count). The van der Waals surface area contributed by atoms with Crippen LogP contribution in [-0.4, -0.2) is 42.0 Å². The Kier molecular flexibility index (Phi) is 5.57. The summed E-state index contributed by atoms with van der Waals surface area (Å²) >= 11 is 0. The van der Waals surface area contributed by atoms with E-state index >= 15 is 0 Å². The molecule has 33 heavy (non-hydrogen) atoms. The molecule has 1 spiro atoms. The van der Waals surface area contributed by atoms with Crippen molar-refractivity contribution >= 4 is 23.7 Å². The lowest BCUT2D eigenvalue weighted by atomic mass is 9.39. The maximum atomic E-state index is 14.0. The Morgan fingerprint density at radius 2 is 1.42 bits per heavy atom. The second kappa shape index (κ2) is 7.67. The summed E-state index contributed by atoms with van der Waals surface area (Å²) in [7, 11) is 0. The van der Waals surface area contributed by atoms with Gasteiger partial charge in [0.1, 0.15) is 23.7 Å². The van der Waals surface area contributed by atoms with Gasteiger partial charge in [0.25, 0.3) is 0 Å². The summed E-state index contributed by atoms with van der Waals surface area (Å²) in [4.78, 5) is 50.2. The van der Waals surface area contributed by atoms with Gasteiger partial charge in [-0.25, -0.2) is 0 Å². The molecule has 0 amide bonds. The normalized spacial score (nSPS) is 43.2. The minimum Gasteiger partial charge on any atom is -0.462 e. The average molecular weight is 461 g/mol. The lowest BCUT2D eigenvalue weighted by Gasteiger charge is -2.66. The van der Waals surface area contributed by atoms with Gasteiger partial charge < -0.3 is 14.2 Å². The molecule has 4 aliphatic rings. The molecule has 2 bridgehead atoms. The van der Waals surface area contributed by atoms with Gasteiger partial charge in [-0.3, -0.25) is 19.2 Å². The molecule has 0 aromatic carbocycles. The number of ether oxygens (including phenoxy) is 3. The number of esters is 3. The highest BCUT2D eigenvalue weighted by atomic mass is 16.6. The minimum absolute atomic E-state index is 0.0410. The number of Topliss-reactive ketones (excluding diaryl/α,β-unsaturated/α-hetero) is 1. The predicted molar refractivity (Wildman–Crippen MR) is 119 cm³/mol. The highest BCUT2D eigenvalue weighted by Crippen LogP contribution is 2.72. The summed E-state index contributed by atoms with van der Waals surface area (Å²) in [6.45, 7) is 14.7. The van der Waals surface area contributed by atoms with E-state index in [2.05, 4.69) is 27.4 Å². The van der Waals surface area contributed by atoms with E-state index in [1.54, 1.807) is 0 Å². The van der Waals surface area contributed by atoms with E-state index in [9.17, 15) is 19.2 Å². The van der Waals surface area contributed by atoms with Crippen molar-refractivity contribution in [3.8, 4) is 0 Å². The zero-order chi connectivity index (χ0) is 24.5. The summed E-state index contributed by atoms with van der Waals surface area (Å²) in [5.74, 6) is -1.68. The zero-order valence-corrected chi connectivity index (χ0v) is 20.6. The monoisotopic (exact) mass is 460 g/mol. The van der Waals surface area contributed by atoms with E-state index in [-0.39, 0.29) is 46.4 Å². The van der Waals surface area contributed by atoms with Crippen LogP contribution in [0, 0.1) is 34.0 Å². The van der Waals surface area contributed by atoms with Crippen molar-refractivity contribution in [2.24, 2.45) is 34.0 Å². The van der Waals surface area contributed by atoms with Crippen LogP contribution in [0.1, 0.15) is 73.6 Å². The van der Waals surface area contributed by atoms with Crippen LogP contribution in [0.5, 0.6) is 0 Å². The molecule has 0 unspecified atom stereocenters. The number of carbonyl (C=O) groups is 4. The van der Waals surface area contributed by atoms with Gasteiger partial charge in [-0.2, -0.15) is 0 Å². The fraction of sp³-hybridized carbons (Fsp3) is 0.769. The third-order valence-electron chi connectivity index (χ3n) is 9.47. The van der Waals surface area contributed by atoms with Crippen molar-refractivity contribution in [3.63, 3.8) is 0 Å². The summed E-state index contributed by atoms with van der Waals surface area (Å²) < 4.78 is 17.5. The van der Waals surface area contributed by atoms with E-state index in [1.165, 1.54) is 20.8 Å². The Bertz CT molecular complexity index is 920. The molecule has 7 heteroatoms. The zero-order valence-electron chi connectivity index (χ0n) is 20.6. The van der Waals surface area contributed by atoms with E-state index in [0.29, 0.717) is 24.8 Å². The maximum absolute atomic E-state index is 14.0. The van der Waals surface area contributed by atoms with Crippen LogP contribution in [0.15, 0.2) is 12.2 Å². The third-order valence-corrected chi connectivity index (χ3v) is 9.47. The molecule has 4 saturated carbocycles. The van der Waals surface area contributed by atoms with E-state index in [1.807, 2.05) is 0 Å². The van der Waals surface area contributed by atoms with Crippen molar-refractivity contribution in [2.45, 2.75) is 92.0 Å². The second-order valence-corrected chi connectivity index (χ2v) is 11.4. The molecule has 7 nitrogen and oxygen atoms in total. The molecular formula is C26H36O7. The van der Waals surface area contributed by atoms with Gasteiger partial charge in [-0.15, -0.1) is 0 Å². The standard InChI is InChI=1S/C26H36O7/c1-13-17-8-9-18-25(7)11-10-20(31-14(2)27)24(5,6)19(25)12-21(32-15(3)28)26(18,22(13)30)23(17)33-16(4)29/h17-21,23H,1,8-12H2,2-7H3/t17-,18-,19+,20-,21+,23-,25-,26-/m0/s1. The molecular weight excluding hydrogens is 424 g/mol. The number of rotatable bonds is 3. The van der Waals surface area contributed by atoms with Gasteiger partial charge >= 0.3 is 17.9 Å². The SMILES string of the molecule is C=C1C(=O)[C@@]23[C@H](OC(C)=O)C[C@@H]4C(C)(C)[C@@H](OC(C)=O)CC[C@@]4(C)[C@@H]2CC[C@@H]1[C@@H]3OC(C)=O.